The van der Waals surface area contributed by atoms with E-state index in [2.05, 4.69) is 6.58 Å². The van der Waals surface area contributed by atoms with E-state index < -0.39 is 23.4 Å². The Bertz CT molecular complexity index is 279. The molecule has 1 aliphatic rings. The van der Waals surface area contributed by atoms with Crippen LogP contribution < -0.4 is 0 Å². The molecule has 0 amide bonds. The van der Waals surface area contributed by atoms with Crippen molar-refractivity contribution in [3.63, 3.8) is 0 Å². The maximum absolute atomic E-state index is 12.5. The summed E-state index contributed by atoms with van der Waals surface area (Å²) in [6.45, 7) is 3.48. The molecule has 0 aromatic heterocycles. The molecule has 78 valence electrons. The van der Waals surface area contributed by atoms with Crippen LogP contribution in [0.1, 0.15) is 12.8 Å². The van der Waals surface area contributed by atoms with Gasteiger partial charge in [0, 0.05) is 5.38 Å². The van der Waals surface area contributed by atoms with Crippen LogP contribution in [0.15, 0.2) is 12.2 Å². The van der Waals surface area contributed by atoms with Gasteiger partial charge in [0.05, 0.1) is 17.9 Å². The third-order valence-electron chi connectivity index (χ3n) is 2.45. The summed E-state index contributed by atoms with van der Waals surface area (Å²) in [6.07, 6.45) is -3.78. The van der Waals surface area contributed by atoms with Crippen molar-refractivity contribution in [2.75, 3.05) is 0 Å². The Morgan fingerprint density at radius 1 is 1.50 bits per heavy atom. The van der Waals surface area contributed by atoms with Crippen LogP contribution in [-0.2, 0) is 0 Å². The third-order valence-corrected chi connectivity index (χ3v) is 2.94. The molecule has 1 rings (SSSR count). The smallest absolute Gasteiger partial charge is 0.198 e. The minimum absolute atomic E-state index is 0.239. The number of allylic oxidation sites excluding steroid dienone is 1. The summed E-state index contributed by atoms with van der Waals surface area (Å²) in [4.78, 5) is 0. The van der Waals surface area contributed by atoms with Gasteiger partial charge >= 0.3 is 6.18 Å². The number of alkyl halides is 4. The normalized spacial score (nSPS) is 33.9. The molecule has 3 unspecified atom stereocenters. The highest BCUT2D eigenvalue weighted by molar-refractivity contribution is 6.21. The van der Waals surface area contributed by atoms with Gasteiger partial charge in [-0.05, 0) is 12.8 Å². The first-order chi connectivity index (χ1) is 6.38. The first kappa shape index (κ1) is 11.4. The Morgan fingerprint density at radius 3 is 2.43 bits per heavy atom. The molecule has 0 saturated heterocycles. The van der Waals surface area contributed by atoms with Gasteiger partial charge < -0.3 is 0 Å². The lowest BCUT2D eigenvalue weighted by Crippen LogP contribution is -2.40. The summed E-state index contributed by atoms with van der Waals surface area (Å²) >= 11 is 5.59. The van der Waals surface area contributed by atoms with E-state index >= 15 is 0 Å². The summed E-state index contributed by atoms with van der Waals surface area (Å²) in [5.74, 6) is -2.96. The predicted molar refractivity (Wildman–Crippen MR) is 46.7 cm³/mol. The summed E-state index contributed by atoms with van der Waals surface area (Å²) < 4.78 is 37.6. The van der Waals surface area contributed by atoms with Crippen LogP contribution in [-0.4, -0.2) is 11.6 Å². The summed E-state index contributed by atoms with van der Waals surface area (Å²) in [6, 6.07) is 1.64. The summed E-state index contributed by atoms with van der Waals surface area (Å²) in [5.41, 5.74) is 0.340. The first-order valence-electron chi connectivity index (χ1n) is 4.16. The fraction of sp³-hybridized carbons (Fsp3) is 0.667. The van der Waals surface area contributed by atoms with Gasteiger partial charge in [0.2, 0.25) is 0 Å². The molecule has 1 nitrogen and oxygen atoms in total. The monoisotopic (exact) mass is 223 g/mol. The van der Waals surface area contributed by atoms with Crippen LogP contribution in [0, 0.1) is 23.2 Å². The molecule has 0 N–H and O–H groups in total. The van der Waals surface area contributed by atoms with Gasteiger partial charge in [-0.15, -0.1) is 11.6 Å². The van der Waals surface area contributed by atoms with Crippen LogP contribution in [0.5, 0.6) is 0 Å². The molecule has 0 spiro atoms. The standard InChI is InChI=1S/C9H9ClF3N/c1-5-2-3-7(10)8(6(5)4-14)9(11,12)13/h6-8H,1-3H2. The Morgan fingerprint density at radius 2 is 2.07 bits per heavy atom. The zero-order chi connectivity index (χ0) is 10.9. The first-order valence-corrected chi connectivity index (χ1v) is 4.59. The van der Waals surface area contributed by atoms with Gasteiger partial charge in [0.15, 0.2) is 0 Å². The molecule has 3 atom stereocenters. The Hall–Kier alpha value is -0.690. The van der Waals surface area contributed by atoms with E-state index in [4.69, 9.17) is 16.9 Å². The van der Waals surface area contributed by atoms with Crippen molar-refractivity contribution >= 4 is 11.6 Å². The molecule has 1 saturated carbocycles. The van der Waals surface area contributed by atoms with Crippen LogP contribution in [0.4, 0.5) is 13.2 Å². The topological polar surface area (TPSA) is 23.8 Å². The van der Waals surface area contributed by atoms with E-state index in [1.54, 1.807) is 6.07 Å². The van der Waals surface area contributed by atoms with E-state index in [0.29, 0.717) is 12.0 Å². The van der Waals surface area contributed by atoms with Crippen molar-refractivity contribution in [2.24, 2.45) is 11.8 Å². The zero-order valence-electron chi connectivity index (χ0n) is 7.31. The Balaban J connectivity index is 2.97. The zero-order valence-corrected chi connectivity index (χ0v) is 8.07. The maximum Gasteiger partial charge on any atom is 0.394 e. The van der Waals surface area contributed by atoms with Gasteiger partial charge in [-0.1, -0.05) is 12.2 Å². The fourth-order valence-electron chi connectivity index (χ4n) is 1.69. The Kier molecular flexibility index (Phi) is 3.10. The van der Waals surface area contributed by atoms with Crippen LogP contribution in [0.2, 0.25) is 0 Å². The molecule has 0 bridgehead atoms. The number of hydrogen-bond acceptors (Lipinski definition) is 1. The lowest BCUT2D eigenvalue weighted by atomic mass is 9.76. The highest BCUT2D eigenvalue weighted by Crippen LogP contribution is 2.45. The van der Waals surface area contributed by atoms with Crippen molar-refractivity contribution in [3.8, 4) is 6.07 Å². The van der Waals surface area contributed by atoms with Gasteiger partial charge in [-0.25, -0.2) is 0 Å². The lowest BCUT2D eigenvalue weighted by Gasteiger charge is -2.34. The average molecular weight is 224 g/mol. The molecule has 0 radical (unpaired) electrons. The predicted octanol–water partition coefficient (Wildman–Crippen LogP) is 3.26. The molecule has 5 heteroatoms. The molecular formula is C9H9ClF3N. The quantitative estimate of drug-likeness (QED) is 0.457. The van der Waals surface area contributed by atoms with E-state index in [0.717, 1.165) is 0 Å². The molecule has 0 aromatic rings. The summed E-state index contributed by atoms with van der Waals surface area (Å²) in [7, 11) is 0. The van der Waals surface area contributed by atoms with Crippen molar-refractivity contribution in [2.45, 2.75) is 24.4 Å². The molecule has 14 heavy (non-hydrogen) atoms. The van der Waals surface area contributed by atoms with Gasteiger partial charge in [0.25, 0.3) is 0 Å². The SMILES string of the molecule is C=C1CCC(Cl)C(C(F)(F)F)C1C#N. The molecular weight excluding hydrogens is 215 g/mol. The average Bonchev–Trinajstić information content (AvgIpc) is 2.06. The van der Waals surface area contributed by atoms with Crippen LogP contribution >= 0.6 is 11.6 Å². The second kappa shape index (κ2) is 3.82. The fourth-order valence-corrected chi connectivity index (χ4v) is 2.08. The number of halogens is 4. The van der Waals surface area contributed by atoms with E-state index in [1.165, 1.54) is 0 Å². The second-order valence-electron chi connectivity index (χ2n) is 3.39. The summed E-state index contributed by atoms with van der Waals surface area (Å²) in [5, 5.41) is 7.63. The second-order valence-corrected chi connectivity index (χ2v) is 3.95. The Labute approximate surface area is 85.2 Å². The lowest BCUT2D eigenvalue weighted by molar-refractivity contribution is -0.184. The molecule has 0 aliphatic heterocycles. The largest absolute Gasteiger partial charge is 0.394 e. The highest BCUT2D eigenvalue weighted by atomic mass is 35.5. The van der Waals surface area contributed by atoms with Gasteiger partial charge in [-0.2, -0.15) is 18.4 Å². The molecule has 1 fully saturated rings. The minimum Gasteiger partial charge on any atom is -0.198 e. The number of nitrogens with zero attached hydrogens (tertiary/aromatic N) is 1. The number of rotatable bonds is 0. The van der Waals surface area contributed by atoms with Gasteiger partial charge in [0.1, 0.15) is 0 Å². The van der Waals surface area contributed by atoms with Crippen LogP contribution in [0.25, 0.3) is 0 Å². The van der Waals surface area contributed by atoms with Crippen molar-refractivity contribution in [1.82, 2.24) is 0 Å². The van der Waals surface area contributed by atoms with Crippen LogP contribution in [0.3, 0.4) is 0 Å². The minimum atomic E-state index is -4.42. The van der Waals surface area contributed by atoms with Crippen molar-refractivity contribution in [3.05, 3.63) is 12.2 Å². The molecule has 1 aliphatic carbocycles. The maximum atomic E-state index is 12.5. The number of hydrogen-bond donors (Lipinski definition) is 0. The van der Waals surface area contributed by atoms with E-state index in [9.17, 15) is 13.2 Å². The van der Waals surface area contributed by atoms with Crippen molar-refractivity contribution < 1.29 is 13.2 Å². The molecule has 0 heterocycles. The molecule has 0 aromatic carbocycles. The number of nitriles is 1. The van der Waals surface area contributed by atoms with Crippen molar-refractivity contribution in [1.29, 1.82) is 5.26 Å². The van der Waals surface area contributed by atoms with E-state index in [1.807, 2.05) is 0 Å². The third kappa shape index (κ3) is 2.03. The van der Waals surface area contributed by atoms with E-state index in [-0.39, 0.29) is 6.42 Å². The van der Waals surface area contributed by atoms with Gasteiger partial charge in [-0.3, -0.25) is 0 Å². The highest BCUT2D eigenvalue weighted by Gasteiger charge is 2.51.